The minimum absolute atomic E-state index is 0.194. The molecule has 0 atom stereocenters. The SMILES string of the molecule is C1CCC2(C1)OCC(NC1CCSCC1)CO2. The largest absolute Gasteiger partial charge is 0.348 e. The fraction of sp³-hybridized carbons (Fsp3) is 1.00. The van der Waals surface area contributed by atoms with Crippen LogP contribution in [0.1, 0.15) is 38.5 Å². The van der Waals surface area contributed by atoms with Crippen LogP contribution in [-0.4, -0.2) is 42.6 Å². The molecule has 3 rings (SSSR count). The maximum absolute atomic E-state index is 5.99. The molecule has 0 unspecified atom stereocenters. The number of rotatable bonds is 2. The minimum Gasteiger partial charge on any atom is -0.348 e. The van der Waals surface area contributed by atoms with E-state index in [4.69, 9.17) is 9.47 Å². The summed E-state index contributed by atoms with van der Waals surface area (Å²) in [5.41, 5.74) is 0. The molecule has 3 nitrogen and oxygen atoms in total. The highest BCUT2D eigenvalue weighted by atomic mass is 32.2. The lowest BCUT2D eigenvalue weighted by Crippen LogP contribution is -2.53. The zero-order valence-electron chi connectivity index (χ0n) is 10.5. The van der Waals surface area contributed by atoms with Crippen LogP contribution in [-0.2, 0) is 9.47 Å². The summed E-state index contributed by atoms with van der Waals surface area (Å²) in [6.07, 6.45) is 7.31. The van der Waals surface area contributed by atoms with Gasteiger partial charge in [-0.1, -0.05) is 0 Å². The van der Waals surface area contributed by atoms with Crippen molar-refractivity contribution in [3.05, 3.63) is 0 Å². The Bertz CT molecular complexity index is 240. The molecule has 2 aliphatic heterocycles. The average Bonchev–Trinajstić information content (AvgIpc) is 2.83. The molecular formula is C13H23NO2S. The highest BCUT2D eigenvalue weighted by Crippen LogP contribution is 2.36. The second-order valence-corrected chi connectivity index (χ2v) is 6.71. The van der Waals surface area contributed by atoms with Crippen molar-refractivity contribution >= 4 is 11.8 Å². The molecule has 1 saturated carbocycles. The third-order valence-electron chi connectivity index (χ3n) is 4.15. The van der Waals surface area contributed by atoms with Gasteiger partial charge in [0.15, 0.2) is 5.79 Å². The minimum atomic E-state index is -0.194. The summed E-state index contributed by atoms with van der Waals surface area (Å²) in [7, 11) is 0. The van der Waals surface area contributed by atoms with Gasteiger partial charge in [-0.15, -0.1) is 0 Å². The lowest BCUT2D eigenvalue weighted by atomic mass is 10.1. The van der Waals surface area contributed by atoms with E-state index in [0.29, 0.717) is 12.1 Å². The Morgan fingerprint density at radius 3 is 2.24 bits per heavy atom. The Balaban J connectivity index is 1.44. The van der Waals surface area contributed by atoms with Gasteiger partial charge in [-0.2, -0.15) is 11.8 Å². The first kappa shape index (κ1) is 12.3. The number of ether oxygens (including phenoxy) is 2. The van der Waals surface area contributed by atoms with Crippen LogP contribution in [0.2, 0.25) is 0 Å². The Kier molecular flexibility index (Phi) is 3.95. The Morgan fingerprint density at radius 2 is 1.59 bits per heavy atom. The Hall–Kier alpha value is 0.230. The summed E-state index contributed by atoms with van der Waals surface area (Å²) in [5.74, 6) is 2.41. The maximum atomic E-state index is 5.99. The molecule has 0 radical (unpaired) electrons. The molecule has 1 spiro atoms. The molecule has 0 bridgehead atoms. The summed E-state index contributed by atoms with van der Waals surface area (Å²) >= 11 is 2.07. The predicted molar refractivity (Wildman–Crippen MR) is 70.4 cm³/mol. The molecule has 17 heavy (non-hydrogen) atoms. The van der Waals surface area contributed by atoms with Gasteiger partial charge in [0, 0.05) is 18.9 Å². The van der Waals surface area contributed by atoms with E-state index in [9.17, 15) is 0 Å². The summed E-state index contributed by atoms with van der Waals surface area (Å²) in [6, 6.07) is 1.10. The van der Waals surface area contributed by atoms with Crippen molar-refractivity contribution in [3.63, 3.8) is 0 Å². The first-order valence-corrected chi connectivity index (χ1v) is 8.14. The van der Waals surface area contributed by atoms with E-state index in [1.54, 1.807) is 0 Å². The first-order valence-electron chi connectivity index (χ1n) is 6.98. The molecule has 3 fully saturated rings. The predicted octanol–water partition coefficient (Wildman–Crippen LogP) is 2.16. The smallest absolute Gasteiger partial charge is 0.168 e. The van der Waals surface area contributed by atoms with Gasteiger partial charge in [-0.25, -0.2) is 0 Å². The van der Waals surface area contributed by atoms with Crippen molar-refractivity contribution in [1.82, 2.24) is 5.32 Å². The van der Waals surface area contributed by atoms with E-state index >= 15 is 0 Å². The van der Waals surface area contributed by atoms with Crippen LogP contribution < -0.4 is 5.32 Å². The van der Waals surface area contributed by atoms with Gasteiger partial charge < -0.3 is 14.8 Å². The lowest BCUT2D eigenvalue weighted by Gasteiger charge is -2.39. The van der Waals surface area contributed by atoms with E-state index in [0.717, 1.165) is 26.1 Å². The van der Waals surface area contributed by atoms with Crippen molar-refractivity contribution in [3.8, 4) is 0 Å². The summed E-state index contributed by atoms with van der Waals surface area (Å²) in [6.45, 7) is 1.67. The zero-order valence-corrected chi connectivity index (χ0v) is 11.3. The molecule has 0 aromatic heterocycles. The molecule has 1 aliphatic carbocycles. The van der Waals surface area contributed by atoms with Crippen LogP contribution in [0.3, 0.4) is 0 Å². The fourth-order valence-electron chi connectivity index (χ4n) is 3.09. The van der Waals surface area contributed by atoms with Crippen LogP contribution in [0.15, 0.2) is 0 Å². The van der Waals surface area contributed by atoms with Crippen LogP contribution >= 0.6 is 11.8 Å². The van der Waals surface area contributed by atoms with Crippen molar-refractivity contribution in [2.75, 3.05) is 24.7 Å². The van der Waals surface area contributed by atoms with E-state index in [2.05, 4.69) is 17.1 Å². The van der Waals surface area contributed by atoms with Crippen molar-refractivity contribution in [2.45, 2.75) is 56.4 Å². The second kappa shape index (κ2) is 5.47. The van der Waals surface area contributed by atoms with Gasteiger partial charge in [0.25, 0.3) is 0 Å². The topological polar surface area (TPSA) is 30.5 Å². The Morgan fingerprint density at radius 1 is 0.941 bits per heavy atom. The van der Waals surface area contributed by atoms with E-state index < -0.39 is 0 Å². The number of thioether (sulfide) groups is 1. The van der Waals surface area contributed by atoms with E-state index in [1.165, 1.54) is 37.2 Å². The number of hydrogen-bond acceptors (Lipinski definition) is 4. The zero-order chi connectivity index (χ0) is 11.6. The standard InChI is InChI=1S/C13H23NO2S/c1-2-6-13(5-1)15-9-12(10-16-13)14-11-3-7-17-8-4-11/h11-12,14H,1-10H2. The number of nitrogens with one attached hydrogen (secondary N) is 1. The van der Waals surface area contributed by atoms with Crippen LogP contribution in [0.25, 0.3) is 0 Å². The maximum Gasteiger partial charge on any atom is 0.168 e. The van der Waals surface area contributed by atoms with Crippen LogP contribution in [0, 0.1) is 0 Å². The molecule has 1 N–H and O–H groups in total. The summed E-state index contributed by atoms with van der Waals surface area (Å²) in [5, 5.41) is 3.70. The van der Waals surface area contributed by atoms with Gasteiger partial charge in [0.1, 0.15) is 0 Å². The monoisotopic (exact) mass is 257 g/mol. The van der Waals surface area contributed by atoms with Crippen LogP contribution in [0.4, 0.5) is 0 Å². The third-order valence-corrected chi connectivity index (χ3v) is 5.20. The van der Waals surface area contributed by atoms with E-state index in [-0.39, 0.29) is 5.79 Å². The molecular weight excluding hydrogens is 234 g/mol. The molecule has 4 heteroatoms. The van der Waals surface area contributed by atoms with Crippen molar-refractivity contribution in [1.29, 1.82) is 0 Å². The first-order chi connectivity index (χ1) is 8.36. The highest BCUT2D eigenvalue weighted by molar-refractivity contribution is 7.99. The average molecular weight is 257 g/mol. The molecule has 0 amide bonds. The quantitative estimate of drug-likeness (QED) is 0.821. The Labute approximate surface area is 108 Å². The molecule has 0 aromatic carbocycles. The summed E-state index contributed by atoms with van der Waals surface area (Å²) in [4.78, 5) is 0. The lowest BCUT2D eigenvalue weighted by molar-refractivity contribution is -0.270. The van der Waals surface area contributed by atoms with Gasteiger partial charge in [-0.05, 0) is 37.2 Å². The molecule has 3 aliphatic rings. The normalized spacial score (nSPS) is 31.1. The van der Waals surface area contributed by atoms with E-state index in [1.807, 2.05) is 0 Å². The van der Waals surface area contributed by atoms with Gasteiger partial charge in [-0.3, -0.25) is 0 Å². The van der Waals surface area contributed by atoms with Gasteiger partial charge in [0.2, 0.25) is 0 Å². The summed E-state index contributed by atoms with van der Waals surface area (Å²) < 4.78 is 12.0. The second-order valence-electron chi connectivity index (χ2n) is 5.49. The van der Waals surface area contributed by atoms with Crippen molar-refractivity contribution < 1.29 is 9.47 Å². The molecule has 98 valence electrons. The number of hydrogen-bond donors (Lipinski definition) is 1. The van der Waals surface area contributed by atoms with Crippen molar-refractivity contribution in [2.24, 2.45) is 0 Å². The van der Waals surface area contributed by atoms with Crippen LogP contribution in [0.5, 0.6) is 0 Å². The third kappa shape index (κ3) is 2.98. The molecule has 0 aromatic rings. The highest BCUT2D eigenvalue weighted by Gasteiger charge is 2.40. The van der Waals surface area contributed by atoms with Gasteiger partial charge in [0.05, 0.1) is 19.3 Å². The van der Waals surface area contributed by atoms with Gasteiger partial charge >= 0.3 is 0 Å². The molecule has 2 heterocycles. The molecule has 2 saturated heterocycles. The fourth-order valence-corrected chi connectivity index (χ4v) is 4.20.